The third-order valence-corrected chi connectivity index (χ3v) is 8.22. The number of carbonyl (C=O) groups excluding carboxylic acids is 2. The number of fused-ring (bicyclic) bond motifs is 2. The normalized spacial score (nSPS) is 20.5. The fourth-order valence-corrected chi connectivity index (χ4v) is 6.26. The first-order valence-corrected chi connectivity index (χ1v) is 13.1. The number of hydrogen-bond acceptors (Lipinski definition) is 4. The summed E-state index contributed by atoms with van der Waals surface area (Å²) in [5.41, 5.74) is 3.54. The van der Waals surface area contributed by atoms with E-state index in [4.69, 9.17) is 4.74 Å². The third kappa shape index (κ3) is 5.08. The summed E-state index contributed by atoms with van der Waals surface area (Å²) in [4.78, 5) is 31.9. The summed E-state index contributed by atoms with van der Waals surface area (Å²) in [6.45, 7) is 8.58. The molecule has 0 N–H and O–H groups in total. The molecule has 6 heteroatoms. The van der Waals surface area contributed by atoms with Crippen LogP contribution in [0.4, 0.5) is 4.79 Å². The minimum Gasteiger partial charge on any atom is -0.450 e. The molecule has 0 atom stereocenters. The van der Waals surface area contributed by atoms with Crippen LogP contribution in [0, 0.1) is 5.92 Å². The molecule has 2 aromatic rings. The Morgan fingerprint density at radius 2 is 1.60 bits per heavy atom. The Bertz CT molecular complexity index is 1020. The van der Waals surface area contributed by atoms with Crippen LogP contribution in [0.25, 0.3) is 0 Å². The highest BCUT2D eigenvalue weighted by Crippen LogP contribution is 2.42. The Morgan fingerprint density at radius 1 is 0.914 bits per heavy atom. The van der Waals surface area contributed by atoms with Crippen LogP contribution in [0.1, 0.15) is 54.1 Å². The quantitative estimate of drug-likeness (QED) is 0.651. The van der Waals surface area contributed by atoms with Gasteiger partial charge < -0.3 is 19.4 Å². The monoisotopic (exact) mass is 475 g/mol. The Kier molecular flexibility index (Phi) is 7.09. The molecule has 2 fully saturated rings. The molecule has 0 bridgehead atoms. The fraction of sp³-hybridized carbons (Fsp3) is 0.517. The predicted molar refractivity (Wildman–Crippen MR) is 136 cm³/mol. The van der Waals surface area contributed by atoms with Crippen LogP contribution in [0.5, 0.6) is 0 Å². The molecule has 0 unspecified atom stereocenters. The van der Waals surface area contributed by atoms with Gasteiger partial charge in [-0.3, -0.25) is 4.79 Å². The standard InChI is InChI=1S/C29H37N3O3/c1-2-35-28(34)31-16-12-23(13-17-31)20-30-18-14-29(15-19-30)22-32(21-25-10-6-7-11-26(25)29)27(33)24-8-4-3-5-9-24/h3-11,23H,2,12-22H2,1H3. The molecule has 2 saturated heterocycles. The molecule has 0 saturated carbocycles. The summed E-state index contributed by atoms with van der Waals surface area (Å²) in [5, 5.41) is 0. The lowest BCUT2D eigenvalue weighted by atomic mass is 9.68. The molecular formula is C29H37N3O3. The number of benzene rings is 2. The van der Waals surface area contributed by atoms with Crippen molar-refractivity contribution in [1.82, 2.24) is 14.7 Å². The number of amides is 2. The van der Waals surface area contributed by atoms with Crippen molar-refractivity contribution in [1.29, 1.82) is 0 Å². The second kappa shape index (κ2) is 10.4. The van der Waals surface area contributed by atoms with Gasteiger partial charge in [0.25, 0.3) is 5.91 Å². The van der Waals surface area contributed by atoms with Crippen LogP contribution in [-0.2, 0) is 16.7 Å². The van der Waals surface area contributed by atoms with Gasteiger partial charge in [0.05, 0.1) is 6.61 Å². The van der Waals surface area contributed by atoms with Crippen molar-refractivity contribution >= 4 is 12.0 Å². The highest BCUT2D eigenvalue weighted by molar-refractivity contribution is 5.94. The van der Waals surface area contributed by atoms with Crippen molar-refractivity contribution in [2.24, 2.45) is 5.92 Å². The van der Waals surface area contributed by atoms with Gasteiger partial charge in [-0.1, -0.05) is 42.5 Å². The molecule has 35 heavy (non-hydrogen) atoms. The van der Waals surface area contributed by atoms with Gasteiger partial charge in [-0.25, -0.2) is 4.79 Å². The molecule has 186 valence electrons. The van der Waals surface area contributed by atoms with E-state index >= 15 is 0 Å². The smallest absolute Gasteiger partial charge is 0.409 e. The van der Waals surface area contributed by atoms with E-state index in [9.17, 15) is 9.59 Å². The van der Waals surface area contributed by atoms with Gasteiger partial charge in [0.15, 0.2) is 0 Å². The van der Waals surface area contributed by atoms with Gasteiger partial charge in [-0.2, -0.15) is 0 Å². The topological polar surface area (TPSA) is 53.1 Å². The van der Waals surface area contributed by atoms with E-state index in [1.54, 1.807) is 0 Å². The van der Waals surface area contributed by atoms with E-state index in [0.29, 0.717) is 19.1 Å². The zero-order valence-corrected chi connectivity index (χ0v) is 20.8. The van der Waals surface area contributed by atoms with Crippen molar-refractivity contribution in [2.75, 3.05) is 45.9 Å². The fourth-order valence-electron chi connectivity index (χ4n) is 6.26. The van der Waals surface area contributed by atoms with Crippen LogP contribution >= 0.6 is 0 Å². The molecule has 5 rings (SSSR count). The summed E-state index contributed by atoms with van der Waals surface area (Å²) in [6.07, 6.45) is 4.07. The SMILES string of the molecule is CCOC(=O)N1CCC(CN2CCC3(CC2)CN(C(=O)c2ccccc2)Cc2ccccc23)CC1. The van der Waals surface area contributed by atoms with Crippen LogP contribution < -0.4 is 0 Å². The van der Waals surface area contributed by atoms with Crippen molar-refractivity contribution in [2.45, 2.75) is 44.6 Å². The first-order valence-electron chi connectivity index (χ1n) is 13.1. The number of hydrogen-bond donors (Lipinski definition) is 0. The largest absolute Gasteiger partial charge is 0.450 e. The highest BCUT2D eigenvalue weighted by atomic mass is 16.6. The Labute approximate surface area is 208 Å². The van der Waals surface area contributed by atoms with Gasteiger partial charge in [0.2, 0.25) is 0 Å². The number of ether oxygens (including phenoxy) is 1. The van der Waals surface area contributed by atoms with Gasteiger partial charge in [0.1, 0.15) is 0 Å². The lowest BCUT2D eigenvalue weighted by Gasteiger charge is -2.49. The minimum atomic E-state index is -0.170. The summed E-state index contributed by atoms with van der Waals surface area (Å²) >= 11 is 0. The zero-order chi connectivity index (χ0) is 24.3. The minimum absolute atomic E-state index is 0.0308. The maximum absolute atomic E-state index is 13.4. The lowest BCUT2D eigenvalue weighted by Crippen LogP contribution is -2.54. The Balaban J connectivity index is 1.22. The molecule has 3 aliphatic heterocycles. The van der Waals surface area contributed by atoms with E-state index in [1.165, 1.54) is 11.1 Å². The summed E-state index contributed by atoms with van der Waals surface area (Å²) < 4.78 is 5.16. The van der Waals surface area contributed by atoms with Crippen molar-refractivity contribution in [3.63, 3.8) is 0 Å². The van der Waals surface area contributed by atoms with Gasteiger partial charge >= 0.3 is 6.09 Å². The van der Waals surface area contributed by atoms with E-state index in [-0.39, 0.29) is 17.4 Å². The first-order chi connectivity index (χ1) is 17.1. The van der Waals surface area contributed by atoms with E-state index in [1.807, 2.05) is 42.2 Å². The second-order valence-corrected chi connectivity index (χ2v) is 10.4. The lowest BCUT2D eigenvalue weighted by molar-refractivity contribution is 0.0534. The molecule has 3 aliphatic rings. The third-order valence-electron chi connectivity index (χ3n) is 8.22. The van der Waals surface area contributed by atoms with Gasteiger partial charge in [-0.15, -0.1) is 0 Å². The molecule has 1 spiro atoms. The average molecular weight is 476 g/mol. The molecule has 3 heterocycles. The van der Waals surface area contributed by atoms with Crippen molar-refractivity contribution in [3.05, 3.63) is 71.3 Å². The summed E-state index contributed by atoms with van der Waals surface area (Å²) in [5.74, 6) is 0.764. The first kappa shape index (κ1) is 23.9. The number of nitrogens with zero attached hydrogens (tertiary/aromatic N) is 3. The van der Waals surface area contributed by atoms with Crippen LogP contribution in [-0.4, -0.2) is 72.6 Å². The Hall–Kier alpha value is -2.86. The number of piperidine rings is 2. The molecule has 0 radical (unpaired) electrons. The maximum Gasteiger partial charge on any atom is 0.409 e. The summed E-state index contributed by atoms with van der Waals surface area (Å²) in [6, 6.07) is 18.4. The number of rotatable bonds is 4. The molecular weight excluding hydrogens is 438 g/mol. The van der Waals surface area contributed by atoms with Crippen LogP contribution in [0.15, 0.2) is 54.6 Å². The van der Waals surface area contributed by atoms with Crippen LogP contribution in [0.3, 0.4) is 0 Å². The predicted octanol–water partition coefficient (Wildman–Crippen LogP) is 4.54. The van der Waals surface area contributed by atoms with Crippen molar-refractivity contribution in [3.8, 4) is 0 Å². The van der Waals surface area contributed by atoms with Gasteiger partial charge in [0, 0.05) is 43.7 Å². The maximum atomic E-state index is 13.4. The summed E-state index contributed by atoms with van der Waals surface area (Å²) in [7, 11) is 0. The average Bonchev–Trinajstić information content (AvgIpc) is 2.91. The number of likely N-dealkylation sites (tertiary alicyclic amines) is 2. The van der Waals surface area contributed by atoms with E-state index in [0.717, 1.165) is 70.5 Å². The van der Waals surface area contributed by atoms with E-state index < -0.39 is 0 Å². The zero-order valence-electron chi connectivity index (χ0n) is 20.8. The molecule has 0 aliphatic carbocycles. The molecule has 0 aromatic heterocycles. The molecule has 6 nitrogen and oxygen atoms in total. The number of carbonyl (C=O) groups is 2. The van der Waals surface area contributed by atoms with Crippen molar-refractivity contribution < 1.29 is 14.3 Å². The Morgan fingerprint density at radius 3 is 2.31 bits per heavy atom. The molecule has 2 aromatic carbocycles. The van der Waals surface area contributed by atoms with Gasteiger partial charge in [-0.05, 0) is 74.9 Å². The molecule has 2 amide bonds. The van der Waals surface area contributed by atoms with Crippen LogP contribution in [0.2, 0.25) is 0 Å². The second-order valence-electron chi connectivity index (χ2n) is 10.4. The van der Waals surface area contributed by atoms with E-state index in [2.05, 4.69) is 34.1 Å². The highest BCUT2D eigenvalue weighted by Gasteiger charge is 2.43.